The molecule has 0 spiro atoms. The quantitative estimate of drug-likeness (QED) is 0.915. The molecule has 1 atom stereocenters. The molecule has 5 nitrogen and oxygen atoms in total. The number of piperidine rings is 1. The van der Waals surface area contributed by atoms with Gasteiger partial charge in [-0.05, 0) is 32.6 Å². The normalized spacial score (nSPS) is 19.4. The van der Waals surface area contributed by atoms with Gasteiger partial charge in [-0.2, -0.15) is 0 Å². The van der Waals surface area contributed by atoms with E-state index in [1.807, 2.05) is 6.92 Å². The van der Waals surface area contributed by atoms with Crippen LogP contribution in [0.2, 0.25) is 0 Å². The number of thiazole rings is 1. The Labute approximate surface area is 116 Å². The van der Waals surface area contributed by atoms with Gasteiger partial charge in [-0.25, -0.2) is 9.78 Å². The molecular weight excluding hydrogens is 264 g/mol. The third kappa shape index (κ3) is 3.32. The average molecular weight is 282 g/mol. The molecule has 0 radical (unpaired) electrons. The van der Waals surface area contributed by atoms with E-state index in [0.29, 0.717) is 25.8 Å². The molecule has 0 aromatic carbocycles. The molecule has 1 unspecified atom stereocenters. The molecule has 1 aromatic rings. The van der Waals surface area contributed by atoms with Crippen LogP contribution in [-0.2, 0) is 16.0 Å². The second-order valence-electron chi connectivity index (χ2n) is 4.80. The molecule has 1 aliphatic heterocycles. The number of carbonyl (C=O) groups excluding carboxylic acids is 1. The highest BCUT2D eigenvalue weighted by Gasteiger charge is 2.31. The van der Waals surface area contributed by atoms with E-state index in [1.165, 1.54) is 4.90 Å². The summed E-state index contributed by atoms with van der Waals surface area (Å²) in [5.74, 6) is -0.943. The third-order valence-corrected chi connectivity index (χ3v) is 4.51. The van der Waals surface area contributed by atoms with Crippen molar-refractivity contribution in [3.8, 4) is 0 Å². The van der Waals surface area contributed by atoms with E-state index in [1.54, 1.807) is 16.8 Å². The van der Waals surface area contributed by atoms with E-state index in [-0.39, 0.29) is 5.91 Å². The highest BCUT2D eigenvalue weighted by atomic mass is 32.1. The molecule has 6 heteroatoms. The van der Waals surface area contributed by atoms with Crippen LogP contribution in [0, 0.1) is 6.92 Å². The average Bonchev–Trinajstić information content (AvgIpc) is 2.81. The second kappa shape index (κ2) is 6.14. The van der Waals surface area contributed by atoms with Crippen LogP contribution in [0.1, 0.15) is 36.3 Å². The highest BCUT2D eigenvalue weighted by Crippen LogP contribution is 2.20. The minimum Gasteiger partial charge on any atom is -0.480 e. The van der Waals surface area contributed by atoms with Gasteiger partial charge in [0.1, 0.15) is 6.04 Å². The number of carbonyl (C=O) groups is 2. The maximum Gasteiger partial charge on any atom is 0.326 e. The molecule has 2 rings (SSSR count). The molecule has 1 amide bonds. The predicted octanol–water partition coefficient (Wildman–Crippen LogP) is 1.85. The van der Waals surface area contributed by atoms with E-state index in [0.717, 1.165) is 23.4 Å². The van der Waals surface area contributed by atoms with Crippen LogP contribution in [0.4, 0.5) is 0 Å². The zero-order valence-corrected chi connectivity index (χ0v) is 11.8. The van der Waals surface area contributed by atoms with Crippen LogP contribution < -0.4 is 0 Å². The van der Waals surface area contributed by atoms with Crippen molar-refractivity contribution < 1.29 is 14.7 Å². The van der Waals surface area contributed by atoms with Crippen LogP contribution >= 0.6 is 11.3 Å². The fraction of sp³-hybridized carbons (Fsp3) is 0.615. The molecule has 1 saturated heterocycles. The van der Waals surface area contributed by atoms with Crippen molar-refractivity contribution in [1.29, 1.82) is 0 Å². The van der Waals surface area contributed by atoms with Crippen LogP contribution in [-0.4, -0.2) is 39.5 Å². The lowest BCUT2D eigenvalue weighted by Crippen LogP contribution is -2.48. The number of amides is 1. The maximum atomic E-state index is 12.2. The van der Waals surface area contributed by atoms with Gasteiger partial charge in [0.15, 0.2) is 0 Å². The van der Waals surface area contributed by atoms with Crippen molar-refractivity contribution in [1.82, 2.24) is 9.88 Å². The summed E-state index contributed by atoms with van der Waals surface area (Å²) in [7, 11) is 0. The van der Waals surface area contributed by atoms with E-state index in [2.05, 4.69) is 4.98 Å². The number of carboxylic acid groups (broad SMARTS) is 1. The first-order chi connectivity index (χ1) is 9.09. The summed E-state index contributed by atoms with van der Waals surface area (Å²) < 4.78 is 0. The monoisotopic (exact) mass is 282 g/mol. The molecule has 19 heavy (non-hydrogen) atoms. The van der Waals surface area contributed by atoms with Gasteiger partial charge in [0.25, 0.3) is 0 Å². The smallest absolute Gasteiger partial charge is 0.326 e. The Balaban J connectivity index is 1.94. The number of nitrogens with zero attached hydrogens (tertiary/aromatic N) is 2. The zero-order valence-electron chi connectivity index (χ0n) is 11.0. The molecule has 2 heterocycles. The number of aryl methyl sites for hydroxylation is 2. The van der Waals surface area contributed by atoms with Gasteiger partial charge < -0.3 is 10.0 Å². The fourth-order valence-corrected chi connectivity index (χ4v) is 3.20. The Kier molecular flexibility index (Phi) is 4.52. The minimum atomic E-state index is -0.887. The first kappa shape index (κ1) is 14.0. The molecule has 1 fully saturated rings. The Hall–Kier alpha value is -1.43. The molecule has 1 aromatic heterocycles. The van der Waals surface area contributed by atoms with Gasteiger partial charge in [-0.15, -0.1) is 11.3 Å². The highest BCUT2D eigenvalue weighted by molar-refractivity contribution is 7.09. The number of carboxylic acids is 1. The summed E-state index contributed by atoms with van der Waals surface area (Å²) in [4.78, 5) is 30.1. The van der Waals surface area contributed by atoms with Crippen LogP contribution in [0.5, 0.6) is 0 Å². The SMILES string of the molecule is Cc1ncsc1CCC(=O)N1CCCCC1C(=O)O. The number of aliphatic carboxylic acids is 1. The van der Waals surface area contributed by atoms with Crippen molar-refractivity contribution in [2.75, 3.05) is 6.54 Å². The summed E-state index contributed by atoms with van der Waals surface area (Å²) >= 11 is 1.55. The Morgan fingerprint density at radius 3 is 2.95 bits per heavy atom. The summed E-state index contributed by atoms with van der Waals surface area (Å²) in [5, 5.41) is 9.15. The summed E-state index contributed by atoms with van der Waals surface area (Å²) in [6.07, 6.45) is 3.37. The van der Waals surface area contributed by atoms with Crippen molar-refractivity contribution in [3.05, 3.63) is 16.1 Å². The van der Waals surface area contributed by atoms with Crippen LogP contribution in [0.25, 0.3) is 0 Å². The Bertz CT molecular complexity index is 472. The lowest BCUT2D eigenvalue weighted by molar-refractivity contribution is -0.152. The van der Waals surface area contributed by atoms with Crippen molar-refractivity contribution in [2.45, 2.75) is 45.1 Å². The first-order valence-electron chi connectivity index (χ1n) is 6.51. The summed E-state index contributed by atoms with van der Waals surface area (Å²) in [6, 6.07) is -0.635. The van der Waals surface area contributed by atoms with Gasteiger partial charge in [0.05, 0.1) is 11.2 Å². The largest absolute Gasteiger partial charge is 0.480 e. The van der Waals surface area contributed by atoms with Crippen LogP contribution in [0.15, 0.2) is 5.51 Å². The van der Waals surface area contributed by atoms with Crippen LogP contribution in [0.3, 0.4) is 0 Å². The van der Waals surface area contributed by atoms with Crippen molar-refractivity contribution in [2.24, 2.45) is 0 Å². The number of aromatic nitrogens is 1. The van der Waals surface area contributed by atoms with Gasteiger partial charge in [0, 0.05) is 17.8 Å². The minimum absolute atomic E-state index is 0.0556. The lowest BCUT2D eigenvalue weighted by atomic mass is 10.0. The number of rotatable bonds is 4. The molecular formula is C13H18N2O3S. The molecule has 0 aliphatic carbocycles. The molecule has 1 N–H and O–H groups in total. The molecule has 1 aliphatic rings. The molecule has 104 valence electrons. The second-order valence-corrected chi connectivity index (χ2v) is 5.74. The number of likely N-dealkylation sites (tertiary alicyclic amines) is 1. The lowest BCUT2D eigenvalue weighted by Gasteiger charge is -2.33. The third-order valence-electron chi connectivity index (χ3n) is 3.52. The Morgan fingerprint density at radius 1 is 1.53 bits per heavy atom. The van der Waals surface area contributed by atoms with E-state index < -0.39 is 12.0 Å². The summed E-state index contributed by atoms with van der Waals surface area (Å²) in [5.41, 5.74) is 2.74. The summed E-state index contributed by atoms with van der Waals surface area (Å²) in [6.45, 7) is 2.49. The van der Waals surface area contributed by atoms with E-state index >= 15 is 0 Å². The van der Waals surface area contributed by atoms with Crippen molar-refractivity contribution in [3.63, 3.8) is 0 Å². The van der Waals surface area contributed by atoms with Crippen molar-refractivity contribution >= 4 is 23.2 Å². The molecule has 0 bridgehead atoms. The van der Waals surface area contributed by atoms with Gasteiger partial charge >= 0.3 is 5.97 Å². The molecule has 0 saturated carbocycles. The number of hydrogen-bond donors (Lipinski definition) is 1. The van der Waals surface area contributed by atoms with E-state index in [9.17, 15) is 9.59 Å². The standard InChI is InChI=1S/C13H18N2O3S/c1-9-11(19-8-14-9)5-6-12(16)15-7-3-2-4-10(15)13(17)18/h8,10H,2-7H2,1H3,(H,17,18). The zero-order chi connectivity index (χ0) is 13.8. The van der Waals surface area contributed by atoms with Gasteiger partial charge in [0.2, 0.25) is 5.91 Å². The predicted molar refractivity (Wildman–Crippen MR) is 72.2 cm³/mol. The fourth-order valence-electron chi connectivity index (χ4n) is 2.42. The number of hydrogen-bond acceptors (Lipinski definition) is 4. The van der Waals surface area contributed by atoms with Gasteiger partial charge in [-0.3, -0.25) is 4.79 Å². The maximum absolute atomic E-state index is 12.2. The first-order valence-corrected chi connectivity index (χ1v) is 7.39. The van der Waals surface area contributed by atoms with Gasteiger partial charge in [-0.1, -0.05) is 0 Å². The topological polar surface area (TPSA) is 70.5 Å². The Morgan fingerprint density at radius 2 is 2.32 bits per heavy atom. The van der Waals surface area contributed by atoms with E-state index in [4.69, 9.17) is 5.11 Å².